The first-order valence-corrected chi connectivity index (χ1v) is 6.47. The molecule has 0 amide bonds. The van der Waals surface area contributed by atoms with Crippen LogP contribution < -0.4 is 9.47 Å². The van der Waals surface area contributed by atoms with Crippen LogP contribution in [0.3, 0.4) is 0 Å². The number of ether oxygens (including phenoxy) is 2. The fourth-order valence-electron chi connectivity index (χ4n) is 1.71. The Kier molecular flexibility index (Phi) is 4.79. The zero-order valence-corrected chi connectivity index (χ0v) is 11.6. The highest BCUT2D eigenvalue weighted by Gasteiger charge is 2.08. The molecule has 0 fully saturated rings. The van der Waals surface area contributed by atoms with Gasteiger partial charge in [-0.15, -0.1) is 11.6 Å². The zero-order chi connectivity index (χ0) is 14.5. The van der Waals surface area contributed by atoms with Gasteiger partial charge in [-0.3, -0.25) is 0 Å². The molecule has 0 heterocycles. The van der Waals surface area contributed by atoms with Crippen molar-refractivity contribution in [3.05, 3.63) is 59.2 Å². The lowest BCUT2D eigenvalue weighted by atomic mass is 10.2. The molecule has 2 rings (SSSR count). The Labute approximate surface area is 120 Å². The summed E-state index contributed by atoms with van der Waals surface area (Å²) in [6.07, 6.45) is 0. The van der Waals surface area contributed by atoms with E-state index in [1.54, 1.807) is 18.2 Å². The maximum Gasteiger partial charge on any atom is 0.161 e. The molecule has 0 aliphatic heterocycles. The van der Waals surface area contributed by atoms with Crippen molar-refractivity contribution in [1.82, 2.24) is 0 Å². The van der Waals surface area contributed by atoms with E-state index in [1.165, 1.54) is 19.2 Å². The third-order valence-corrected chi connectivity index (χ3v) is 3.09. The van der Waals surface area contributed by atoms with Crippen LogP contribution in [0, 0.1) is 11.6 Å². The minimum Gasteiger partial charge on any atom is -0.493 e. The Morgan fingerprint density at radius 2 is 1.85 bits per heavy atom. The number of benzene rings is 2. The molecule has 2 nitrogen and oxygen atoms in total. The summed E-state index contributed by atoms with van der Waals surface area (Å²) < 4.78 is 37.0. The molecule has 2 aromatic rings. The van der Waals surface area contributed by atoms with E-state index in [0.29, 0.717) is 17.4 Å². The van der Waals surface area contributed by atoms with Crippen LogP contribution in [0.1, 0.15) is 11.1 Å². The molecule has 0 saturated carbocycles. The van der Waals surface area contributed by atoms with Crippen LogP contribution >= 0.6 is 11.6 Å². The highest BCUT2D eigenvalue weighted by molar-refractivity contribution is 6.17. The largest absolute Gasteiger partial charge is 0.493 e. The first-order valence-electron chi connectivity index (χ1n) is 5.93. The topological polar surface area (TPSA) is 18.5 Å². The maximum atomic E-state index is 13.5. The molecule has 0 aliphatic carbocycles. The molecule has 0 saturated heterocycles. The minimum absolute atomic E-state index is 0.0112. The minimum atomic E-state index is -0.638. The number of halogens is 3. The molecular formula is C15H13ClF2O2. The highest BCUT2D eigenvalue weighted by atomic mass is 35.5. The van der Waals surface area contributed by atoms with Gasteiger partial charge in [0, 0.05) is 17.5 Å². The van der Waals surface area contributed by atoms with Gasteiger partial charge in [-0.1, -0.05) is 6.07 Å². The first kappa shape index (κ1) is 14.6. The fraction of sp³-hybridized carbons (Fsp3) is 0.200. The Bertz CT molecular complexity index is 602. The van der Waals surface area contributed by atoms with Crippen molar-refractivity contribution in [2.45, 2.75) is 12.5 Å². The monoisotopic (exact) mass is 298 g/mol. The standard InChI is InChI=1S/C15H13ClF2O2/c1-19-15-6-10(8-16)2-5-14(15)20-9-11-3-4-12(17)7-13(11)18/h2-7H,8-9H2,1H3. The maximum absolute atomic E-state index is 13.5. The molecule has 106 valence electrons. The van der Waals surface area contributed by atoms with Crippen molar-refractivity contribution in [3.63, 3.8) is 0 Å². The van der Waals surface area contributed by atoms with E-state index < -0.39 is 11.6 Å². The summed E-state index contributed by atoms with van der Waals surface area (Å²) in [6.45, 7) is -0.0112. The Morgan fingerprint density at radius 3 is 2.50 bits per heavy atom. The van der Waals surface area contributed by atoms with Crippen molar-refractivity contribution in [1.29, 1.82) is 0 Å². The van der Waals surface area contributed by atoms with Crippen LogP contribution in [0.5, 0.6) is 11.5 Å². The van der Waals surface area contributed by atoms with Crippen LogP contribution in [0.25, 0.3) is 0 Å². The van der Waals surface area contributed by atoms with Crippen molar-refractivity contribution in [2.75, 3.05) is 7.11 Å². The predicted octanol–water partition coefficient (Wildman–Crippen LogP) is 4.29. The third kappa shape index (κ3) is 3.39. The van der Waals surface area contributed by atoms with Gasteiger partial charge in [-0.05, 0) is 29.8 Å². The molecule has 5 heteroatoms. The lowest BCUT2D eigenvalue weighted by Gasteiger charge is -2.12. The van der Waals surface area contributed by atoms with Gasteiger partial charge in [-0.2, -0.15) is 0 Å². The average Bonchev–Trinajstić information content (AvgIpc) is 2.46. The van der Waals surface area contributed by atoms with E-state index in [4.69, 9.17) is 21.1 Å². The molecule has 0 radical (unpaired) electrons. The number of methoxy groups -OCH3 is 1. The summed E-state index contributed by atoms with van der Waals surface area (Å²) in [4.78, 5) is 0. The second-order valence-electron chi connectivity index (χ2n) is 4.14. The lowest BCUT2D eigenvalue weighted by Crippen LogP contribution is -2.01. The molecule has 0 spiro atoms. The van der Waals surface area contributed by atoms with Gasteiger partial charge in [0.05, 0.1) is 7.11 Å². The van der Waals surface area contributed by atoms with Gasteiger partial charge in [0.25, 0.3) is 0 Å². The summed E-state index contributed by atoms with van der Waals surface area (Å²) in [6, 6.07) is 8.62. The molecule has 0 aliphatic rings. The molecule has 0 bridgehead atoms. The highest BCUT2D eigenvalue weighted by Crippen LogP contribution is 2.29. The molecule has 2 aromatic carbocycles. The van der Waals surface area contributed by atoms with E-state index in [1.807, 2.05) is 0 Å². The summed E-state index contributed by atoms with van der Waals surface area (Å²) in [7, 11) is 1.51. The predicted molar refractivity (Wildman–Crippen MR) is 73.2 cm³/mol. The first-order chi connectivity index (χ1) is 9.63. The third-order valence-electron chi connectivity index (χ3n) is 2.78. The average molecular weight is 299 g/mol. The number of hydrogen-bond donors (Lipinski definition) is 0. The Hall–Kier alpha value is -1.81. The van der Waals surface area contributed by atoms with E-state index in [0.717, 1.165) is 11.6 Å². The summed E-state index contributed by atoms with van der Waals surface area (Å²) in [5.41, 5.74) is 1.17. The molecule has 0 aromatic heterocycles. The van der Waals surface area contributed by atoms with E-state index in [-0.39, 0.29) is 12.2 Å². The van der Waals surface area contributed by atoms with Crippen LogP contribution in [0.15, 0.2) is 36.4 Å². The molecular weight excluding hydrogens is 286 g/mol. The van der Waals surface area contributed by atoms with Gasteiger partial charge in [0.2, 0.25) is 0 Å². The SMILES string of the molecule is COc1cc(CCl)ccc1OCc1ccc(F)cc1F. The molecule has 0 N–H and O–H groups in total. The van der Waals surface area contributed by atoms with E-state index >= 15 is 0 Å². The quantitative estimate of drug-likeness (QED) is 0.767. The lowest BCUT2D eigenvalue weighted by molar-refractivity contribution is 0.279. The van der Waals surface area contributed by atoms with Gasteiger partial charge < -0.3 is 9.47 Å². The van der Waals surface area contributed by atoms with Crippen LogP contribution in [0.4, 0.5) is 8.78 Å². The van der Waals surface area contributed by atoms with Crippen LogP contribution in [-0.2, 0) is 12.5 Å². The fourth-order valence-corrected chi connectivity index (χ4v) is 1.87. The van der Waals surface area contributed by atoms with Gasteiger partial charge in [0.1, 0.15) is 18.2 Å². The van der Waals surface area contributed by atoms with Gasteiger partial charge in [0.15, 0.2) is 11.5 Å². The zero-order valence-electron chi connectivity index (χ0n) is 10.8. The van der Waals surface area contributed by atoms with E-state index in [2.05, 4.69) is 0 Å². The van der Waals surface area contributed by atoms with Gasteiger partial charge >= 0.3 is 0 Å². The van der Waals surface area contributed by atoms with Crippen molar-refractivity contribution in [3.8, 4) is 11.5 Å². The summed E-state index contributed by atoms with van der Waals surface area (Å²) in [5.74, 6) is 0.107. The summed E-state index contributed by atoms with van der Waals surface area (Å²) in [5, 5.41) is 0. The Balaban J connectivity index is 2.14. The molecule has 20 heavy (non-hydrogen) atoms. The normalized spacial score (nSPS) is 10.4. The van der Waals surface area contributed by atoms with Crippen LogP contribution in [-0.4, -0.2) is 7.11 Å². The summed E-state index contributed by atoms with van der Waals surface area (Å²) >= 11 is 5.74. The number of rotatable bonds is 5. The Morgan fingerprint density at radius 1 is 1.05 bits per heavy atom. The van der Waals surface area contributed by atoms with E-state index in [9.17, 15) is 8.78 Å². The van der Waals surface area contributed by atoms with Gasteiger partial charge in [-0.25, -0.2) is 8.78 Å². The molecule has 0 atom stereocenters. The molecule has 0 unspecified atom stereocenters. The van der Waals surface area contributed by atoms with Crippen molar-refractivity contribution < 1.29 is 18.3 Å². The van der Waals surface area contributed by atoms with Crippen molar-refractivity contribution >= 4 is 11.6 Å². The van der Waals surface area contributed by atoms with Crippen molar-refractivity contribution in [2.24, 2.45) is 0 Å². The smallest absolute Gasteiger partial charge is 0.161 e. The second-order valence-corrected chi connectivity index (χ2v) is 4.41. The number of alkyl halides is 1. The number of hydrogen-bond acceptors (Lipinski definition) is 2. The second kappa shape index (κ2) is 6.57. The van der Waals surface area contributed by atoms with Crippen LogP contribution in [0.2, 0.25) is 0 Å².